The number of benzene rings is 1. The standard InChI is InChI=1S/C11H9BrF5NO2/c12-6-3-7(13)10(8(14)4-6)18-9(19)1-2-20-5-11(15,16)17/h3-4H,1-2,5H2,(H,18,19). The SMILES string of the molecule is O=C(CCOCC(F)(F)F)Nc1c(F)cc(Br)cc1F. The molecule has 1 aromatic rings. The van der Waals surface area contributed by atoms with Crippen molar-refractivity contribution < 1.29 is 31.5 Å². The molecule has 1 aromatic carbocycles. The lowest BCUT2D eigenvalue weighted by Crippen LogP contribution is -2.20. The van der Waals surface area contributed by atoms with Crippen molar-refractivity contribution in [2.24, 2.45) is 0 Å². The summed E-state index contributed by atoms with van der Waals surface area (Å²) in [5.74, 6) is -2.85. The summed E-state index contributed by atoms with van der Waals surface area (Å²) in [4.78, 5) is 11.3. The molecular weight excluding hydrogens is 353 g/mol. The summed E-state index contributed by atoms with van der Waals surface area (Å²) in [5.41, 5.74) is -0.658. The number of carbonyl (C=O) groups excluding carboxylic acids is 1. The van der Waals surface area contributed by atoms with E-state index in [4.69, 9.17) is 0 Å². The lowest BCUT2D eigenvalue weighted by atomic mass is 10.2. The summed E-state index contributed by atoms with van der Waals surface area (Å²) in [7, 11) is 0. The molecule has 0 fully saturated rings. The van der Waals surface area contributed by atoms with Crippen molar-refractivity contribution >= 4 is 27.5 Å². The number of alkyl halides is 3. The number of ether oxygens (including phenoxy) is 1. The molecule has 1 N–H and O–H groups in total. The van der Waals surface area contributed by atoms with Crippen LogP contribution in [0, 0.1) is 11.6 Å². The van der Waals surface area contributed by atoms with E-state index in [0.29, 0.717) is 0 Å². The van der Waals surface area contributed by atoms with Crippen LogP contribution in [0.1, 0.15) is 6.42 Å². The first kappa shape index (κ1) is 16.8. The van der Waals surface area contributed by atoms with Gasteiger partial charge in [-0.3, -0.25) is 4.79 Å². The number of halogens is 6. The Kier molecular flexibility index (Phi) is 5.88. The van der Waals surface area contributed by atoms with Gasteiger partial charge in [0.2, 0.25) is 5.91 Å². The molecule has 0 unspecified atom stereocenters. The van der Waals surface area contributed by atoms with E-state index in [0.717, 1.165) is 12.1 Å². The predicted octanol–water partition coefficient (Wildman–Crippen LogP) is 3.63. The quantitative estimate of drug-likeness (QED) is 0.642. The van der Waals surface area contributed by atoms with Crippen molar-refractivity contribution in [3.05, 3.63) is 28.2 Å². The average molecular weight is 362 g/mol. The second kappa shape index (κ2) is 6.98. The van der Waals surface area contributed by atoms with Crippen molar-refractivity contribution in [1.29, 1.82) is 0 Å². The smallest absolute Gasteiger partial charge is 0.372 e. The molecule has 0 heterocycles. The molecule has 112 valence electrons. The minimum absolute atomic E-state index is 0.152. The van der Waals surface area contributed by atoms with Crippen molar-refractivity contribution in [3.8, 4) is 0 Å². The summed E-state index contributed by atoms with van der Waals surface area (Å²) in [6, 6.07) is 1.89. The molecule has 0 spiro atoms. The first-order valence-electron chi connectivity index (χ1n) is 5.28. The Morgan fingerprint density at radius 2 is 1.80 bits per heavy atom. The van der Waals surface area contributed by atoms with E-state index in [1.54, 1.807) is 0 Å². The van der Waals surface area contributed by atoms with Gasteiger partial charge in [-0.1, -0.05) is 15.9 Å². The number of carbonyl (C=O) groups is 1. The Bertz CT molecular complexity index is 469. The Morgan fingerprint density at radius 3 is 2.30 bits per heavy atom. The highest BCUT2D eigenvalue weighted by Crippen LogP contribution is 2.23. The fourth-order valence-electron chi connectivity index (χ4n) is 1.22. The van der Waals surface area contributed by atoms with Crippen LogP contribution in [0.4, 0.5) is 27.6 Å². The minimum Gasteiger partial charge on any atom is -0.372 e. The maximum atomic E-state index is 13.4. The van der Waals surface area contributed by atoms with Gasteiger partial charge < -0.3 is 10.1 Å². The van der Waals surface area contributed by atoms with Gasteiger partial charge >= 0.3 is 6.18 Å². The number of hydrogen-bond acceptors (Lipinski definition) is 2. The van der Waals surface area contributed by atoms with Crippen LogP contribution in [0.25, 0.3) is 0 Å². The van der Waals surface area contributed by atoms with Gasteiger partial charge in [-0.15, -0.1) is 0 Å². The van der Waals surface area contributed by atoms with E-state index in [-0.39, 0.29) is 4.47 Å². The highest BCUT2D eigenvalue weighted by atomic mass is 79.9. The molecule has 1 amide bonds. The van der Waals surface area contributed by atoms with Crippen LogP contribution in [0.2, 0.25) is 0 Å². The van der Waals surface area contributed by atoms with Gasteiger partial charge in [0.05, 0.1) is 13.0 Å². The van der Waals surface area contributed by atoms with Crippen molar-refractivity contribution in [2.75, 3.05) is 18.5 Å². The van der Waals surface area contributed by atoms with Gasteiger partial charge in [-0.2, -0.15) is 13.2 Å². The van der Waals surface area contributed by atoms with E-state index in [1.807, 2.05) is 5.32 Å². The molecule has 0 saturated heterocycles. The second-order valence-electron chi connectivity index (χ2n) is 3.71. The maximum absolute atomic E-state index is 13.4. The molecule has 0 saturated carbocycles. The molecule has 9 heteroatoms. The summed E-state index contributed by atoms with van der Waals surface area (Å²) >= 11 is 2.86. The van der Waals surface area contributed by atoms with E-state index in [2.05, 4.69) is 20.7 Å². The summed E-state index contributed by atoms with van der Waals surface area (Å²) < 4.78 is 66.3. The third kappa shape index (κ3) is 5.83. The maximum Gasteiger partial charge on any atom is 0.411 e. The number of amides is 1. The molecule has 20 heavy (non-hydrogen) atoms. The number of hydrogen-bond donors (Lipinski definition) is 1. The summed E-state index contributed by atoms with van der Waals surface area (Å²) in [5, 5.41) is 1.93. The van der Waals surface area contributed by atoms with E-state index in [9.17, 15) is 26.7 Å². The number of anilines is 1. The first-order chi connectivity index (χ1) is 9.19. The minimum atomic E-state index is -4.49. The molecule has 0 atom stereocenters. The molecule has 0 aliphatic carbocycles. The van der Waals surface area contributed by atoms with E-state index < -0.39 is 49.0 Å². The van der Waals surface area contributed by atoms with Gasteiger partial charge in [0.15, 0.2) is 11.6 Å². The molecule has 0 aliphatic rings. The topological polar surface area (TPSA) is 38.3 Å². The van der Waals surface area contributed by atoms with Gasteiger partial charge in [-0.25, -0.2) is 8.78 Å². The van der Waals surface area contributed by atoms with Crippen molar-refractivity contribution in [1.82, 2.24) is 0 Å². The molecule has 0 radical (unpaired) electrons. The van der Waals surface area contributed by atoms with Crippen LogP contribution >= 0.6 is 15.9 Å². The fraction of sp³-hybridized carbons (Fsp3) is 0.364. The van der Waals surface area contributed by atoms with E-state index in [1.165, 1.54) is 0 Å². The normalized spacial score (nSPS) is 11.5. The number of nitrogens with one attached hydrogen (secondary N) is 1. The van der Waals surface area contributed by atoms with E-state index >= 15 is 0 Å². The first-order valence-corrected chi connectivity index (χ1v) is 6.07. The lowest BCUT2D eigenvalue weighted by molar-refractivity contribution is -0.174. The van der Waals surface area contributed by atoms with Crippen LogP contribution in [0.5, 0.6) is 0 Å². The van der Waals surface area contributed by atoms with Crippen LogP contribution in [0.3, 0.4) is 0 Å². The van der Waals surface area contributed by atoms with Gasteiger partial charge in [-0.05, 0) is 12.1 Å². The number of rotatable bonds is 5. The lowest BCUT2D eigenvalue weighted by Gasteiger charge is -2.09. The molecular formula is C11H9BrF5NO2. The highest BCUT2D eigenvalue weighted by molar-refractivity contribution is 9.10. The summed E-state index contributed by atoms with van der Waals surface area (Å²) in [6.07, 6.45) is -4.94. The molecule has 1 rings (SSSR count). The second-order valence-corrected chi connectivity index (χ2v) is 4.63. The Balaban J connectivity index is 2.47. The van der Waals surface area contributed by atoms with Crippen LogP contribution in [0.15, 0.2) is 16.6 Å². The third-order valence-corrected chi connectivity index (χ3v) is 2.47. The zero-order valence-corrected chi connectivity index (χ0v) is 11.4. The van der Waals surface area contributed by atoms with Gasteiger partial charge in [0, 0.05) is 4.47 Å². The van der Waals surface area contributed by atoms with Crippen molar-refractivity contribution in [2.45, 2.75) is 12.6 Å². The Labute approximate surface area is 119 Å². The van der Waals surface area contributed by atoms with Gasteiger partial charge in [0.25, 0.3) is 0 Å². The highest BCUT2D eigenvalue weighted by Gasteiger charge is 2.27. The summed E-state index contributed by atoms with van der Waals surface area (Å²) in [6.45, 7) is -1.99. The molecule has 0 bridgehead atoms. The van der Waals surface area contributed by atoms with Crippen molar-refractivity contribution in [3.63, 3.8) is 0 Å². The fourth-order valence-corrected chi connectivity index (χ4v) is 1.62. The van der Waals surface area contributed by atoms with Crippen LogP contribution < -0.4 is 5.32 Å². The third-order valence-electron chi connectivity index (χ3n) is 2.01. The Hall–Kier alpha value is -1.22. The monoisotopic (exact) mass is 361 g/mol. The predicted molar refractivity (Wildman–Crippen MR) is 64.2 cm³/mol. The van der Waals surface area contributed by atoms with Gasteiger partial charge in [0.1, 0.15) is 12.3 Å². The average Bonchev–Trinajstić information content (AvgIpc) is 2.28. The van der Waals surface area contributed by atoms with Crippen LogP contribution in [-0.2, 0) is 9.53 Å². The largest absolute Gasteiger partial charge is 0.411 e. The zero-order valence-electron chi connectivity index (χ0n) is 9.86. The molecule has 0 aliphatic heterocycles. The molecule has 0 aromatic heterocycles. The molecule has 3 nitrogen and oxygen atoms in total. The Morgan fingerprint density at radius 1 is 1.25 bits per heavy atom. The van der Waals surface area contributed by atoms with Crippen LogP contribution in [-0.4, -0.2) is 25.3 Å². The zero-order chi connectivity index (χ0) is 15.3.